The molecule has 0 aliphatic heterocycles. The van der Waals surface area contributed by atoms with Gasteiger partial charge in [-0.05, 0) is 24.6 Å². The van der Waals surface area contributed by atoms with Crippen LogP contribution in [0.1, 0.15) is 15.4 Å². The van der Waals surface area contributed by atoms with E-state index in [9.17, 15) is 0 Å². The van der Waals surface area contributed by atoms with E-state index in [1.165, 1.54) is 15.8 Å². The van der Waals surface area contributed by atoms with Crippen molar-refractivity contribution in [1.82, 2.24) is 20.3 Å². The highest BCUT2D eigenvalue weighted by Gasteiger charge is 2.03. The van der Waals surface area contributed by atoms with Crippen molar-refractivity contribution in [3.8, 4) is 0 Å². The number of aromatic nitrogens is 3. The van der Waals surface area contributed by atoms with Crippen LogP contribution >= 0.6 is 11.3 Å². The molecule has 0 aromatic carbocycles. The average Bonchev–Trinajstić information content (AvgIpc) is 2.97. The van der Waals surface area contributed by atoms with Crippen molar-refractivity contribution in [3.63, 3.8) is 0 Å². The Hall–Kier alpha value is -1.72. The summed E-state index contributed by atoms with van der Waals surface area (Å²) in [4.78, 5) is 13.0. The van der Waals surface area contributed by atoms with Gasteiger partial charge in [0.05, 0.1) is 5.01 Å². The van der Waals surface area contributed by atoms with Gasteiger partial charge in [-0.15, -0.1) is 11.3 Å². The van der Waals surface area contributed by atoms with Crippen LogP contribution in [0.5, 0.6) is 0 Å². The molecule has 92 valence electrons. The fourth-order valence-corrected chi connectivity index (χ4v) is 2.73. The SMILES string of the molecule is Cc1ncc(CNCc2c[nH]c3ncccc23)s1. The van der Waals surface area contributed by atoms with E-state index < -0.39 is 0 Å². The number of fused-ring (bicyclic) bond motifs is 1. The summed E-state index contributed by atoms with van der Waals surface area (Å²) in [6, 6.07) is 4.05. The Morgan fingerprint density at radius 3 is 3.11 bits per heavy atom. The first-order valence-corrected chi connectivity index (χ1v) is 6.67. The average molecular weight is 258 g/mol. The topological polar surface area (TPSA) is 53.6 Å². The van der Waals surface area contributed by atoms with E-state index in [1.54, 1.807) is 17.5 Å². The highest BCUT2D eigenvalue weighted by Crippen LogP contribution is 2.16. The van der Waals surface area contributed by atoms with Crippen molar-refractivity contribution in [2.75, 3.05) is 0 Å². The van der Waals surface area contributed by atoms with Gasteiger partial charge in [-0.25, -0.2) is 9.97 Å². The fraction of sp³-hybridized carbons (Fsp3) is 0.231. The van der Waals surface area contributed by atoms with E-state index in [1.807, 2.05) is 25.4 Å². The van der Waals surface area contributed by atoms with E-state index in [0.717, 1.165) is 23.7 Å². The number of nitrogens with zero attached hydrogens (tertiary/aromatic N) is 2. The minimum atomic E-state index is 0.836. The molecule has 4 nitrogen and oxygen atoms in total. The normalized spacial score (nSPS) is 11.2. The molecule has 0 radical (unpaired) electrons. The van der Waals surface area contributed by atoms with Crippen molar-refractivity contribution < 1.29 is 0 Å². The summed E-state index contributed by atoms with van der Waals surface area (Å²) in [5, 5.41) is 5.73. The van der Waals surface area contributed by atoms with Gasteiger partial charge in [-0.2, -0.15) is 0 Å². The molecule has 3 heterocycles. The monoisotopic (exact) mass is 258 g/mol. The second-order valence-electron chi connectivity index (χ2n) is 4.16. The molecule has 3 rings (SSSR count). The minimum Gasteiger partial charge on any atom is -0.346 e. The molecule has 0 bridgehead atoms. The Morgan fingerprint density at radius 2 is 2.28 bits per heavy atom. The zero-order valence-corrected chi connectivity index (χ0v) is 10.9. The van der Waals surface area contributed by atoms with Crippen LogP contribution in [0.2, 0.25) is 0 Å². The summed E-state index contributed by atoms with van der Waals surface area (Å²) in [6.07, 6.45) is 5.75. The van der Waals surface area contributed by atoms with E-state index in [-0.39, 0.29) is 0 Å². The van der Waals surface area contributed by atoms with E-state index >= 15 is 0 Å². The van der Waals surface area contributed by atoms with Gasteiger partial charge in [0.25, 0.3) is 0 Å². The van der Waals surface area contributed by atoms with Crippen molar-refractivity contribution >= 4 is 22.4 Å². The Bertz CT molecular complexity index is 656. The first-order chi connectivity index (χ1) is 8.83. The molecule has 0 saturated heterocycles. The van der Waals surface area contributed by atoms with Crippen LogP contribution < -0.4 is 5.32 Å². The van der Waals surface area contributed by atoms with Crippen molar-refractivity contribution in [3.05, 3.63) is 46.2 Å². The van der Waals surface area contributed by atoms with Crippen LogP contribution in [0.4, 0.5) is 0 Å². The van der Waals surface area contributed by atoms with Gasteiger partial charge in [0.2, 0.25) is 0 Å². The summed E-state index contributed by atoms with van der Waals surface area (Å²) in [7, 11) is 0. The maximum absolute atomic E-state index is 4.28. The third-order valence-corrected chi connectivity index (χ3v) is 3.73. The third-order valence-electron chi connectivity index (χ3n) is 2.82. The molecule has 3 aromatic rings. The number of hydrogen-bond donors (Lipinski definition) is 2. The highest BCUT2D eigenvalue weighted by atomic mass is 32.1. The summed E-state index contributed by atoms with van der Waals surface area (Å²) in [6.45, 7) is 3.72. The van der Waals surface area contributed by atoms with Gasteiger partial charge in [0, 0.05) is 41.9 Å². The third kappa shape index (κ3) is 2.27. The van der Waals surface area contributed by atoms with Gasteiger partial charge in [0.15, 0.2) is 0 Å². The first kappa shape index (κ1) is 11.4. The predicted molar refractivity (Wildman–Crippen MR) is 73.5 cm³/mol. The zero-order valence-electron chi connectivity index (χ0n) is 10.1. The van der Waals surface area contributed by atoms with Crippen molar-refractivity contribution in [2.45, 2.75) is 20.0 Å². The molecular weight excluding hydrogens is 244 g/mol. The molecule has 0 spiro atoms. The lowest BCUT2D eigenvalue weighted by Gasteiger charge is -2.01. The molecule has 2 N–H and O–H groups in total. The summed E-state index contributed by atoms with van der Waals surface area (Å²) < 4.78 is 0. The maximum atomic E-state index is 4.28. The van der Waals surface area contributed by atoms with E-state index in [4.69, 9.17) is 0 Å². The number of H-pyrrole nitrogens is 1. The van der Waals surface area contributed by atoms with Crippen LogP contribution in [0.3, 0.4) is 0 Å². The second kappa shape index (κ2) is 4.88. The van der Waals surface area contributed by atoms with Gasteiger partial charge in [0.1, 0.15) is 5.65 Å². The van der Waals surface area contributed by atoms with Gasteiger partial charge < -0.3 is 10.3 Å². The van der Waals surface area contributed by atoms with Crippen LogP contribution in [0.25, 0.3) is 11.0 Å². The van der Waals surface area contributed by atoms with Crippen molar-refractivity contribution in [1.29, 1.82) is 0 Å². The lowest BCUT2D eigenvalue weighted by atomic mass is 10.2. The number of aryl methyl sites for hydroxylation is 1. The molecular formula is C13H14N4S. The molecule has 0 aliphatic rings. The lowest BCUT2D eigenvalue weighted by Crippen LogP contribution is -2.11. The molecule has 18 heavy (non-hydrogen) atoms. The second-order valence-corrected chi connectivity index (χ2v) is 5.48. The van der Waals surface area contributed by atoms with Crippen LogP contribution in [-0.4, -0.2) is 15.0 Å². The van der Waals surface area contributed by atoms with Gasteiger partial charge >= 0.3 is 0 Å². The Kier molecular flexibility index (Phi) is 3.08. The molecule has 0 fully saturated rings. The maximum Gasteiger partial charge on any atom is 0.137 e. The van der Waals surface area contributed by atoms with Crippen LogP contribution in [0.15, 0.2) is 30.7 Å². The number of rotatable bonds is 4. The number of hydrogen-bond acceptors (Lipinski definition) is 4. The molecule has 0 amide bonds. The van der Waals surface area contributed by atoms with Crippen molar-refractivity contribution in [2.24, 2.45) is 0 Å². The quantitative estimate of drug-likeness (QED) is 0.756. The number of thiazole rings is 1. The Morgan fingerprint density at radius 1 is 1.33 bits per heavy atom. The predicted octanol–water partition coefficient (Wildman–Crippen LogP) is 2.62. The standard InChI is InChI=1S/C13H14N4S/c1-9-16-8-11(18-9)7-14-5-10-6-17-13-12(10)3-2-4-15-13/h2-4,6,8,14H,5,7H2,1H3,(H,15,17). The van der Waals surface area contributed by atoms with Crippen LogP contribution in [-0.2, 0) is 13.1 Å². The summed E-state index contributed by atoms with van der Waals surface area (Å²) in [5.41, 5.74) is 2.20. The van der Waals surface area contributed by atoms with Gasteiger partial charge in [-0.3, -0.25) is 0 Å². The Labute approximate surface area is 109 Å². The zero-order chi connectivity index (χ0) is 12.4. The number of pyridine rings is 1. The molecule has 3 aromatic heterocycles. The Balaban J connectivity index is 1.66. The largest absolute Gasteiger partial charge is 0.346 e. The lowest BCUT2D eigenvalue weighted by molar-refractivity contribution is 0.703. The fourth-order valence-electron chi connectivity index (χ4n) is 1.97. The molecule has 0 aliphatic carbocycles. The molecule has 5 heteroatoms. The van der Waals surface area contributed by atoms with Crippen LogP contribution in [0, 0.1) is 6.92 Å². The number of aromatic amines is 1. The highest BCUT2D eigenvalue weighted by molar-refractivity contribution is 7.11. The molecule has 0 unspecified atom stereocenters. The summed E-state index contributed by atoms with van der Waals surface area (Å²) in [5.74, 6) is 0. The van der Waals surface area contributed by atoms with Gasteiger partial charge in [-0.1, -0.05) is 0 Å². The first-order valence-electron chi connectivity index (χ1n) is 5.86. The minimum absolute atomic E-state index is 0.836. The molecule has 0 saturated carbocycles. The van der Waals surface area contributed by atoms with E-state index in [2.05, 4.69) is 26.3 Å². The smallest absolute Gasteiger partial charge is 0.137 e. The number of nitrogens with one attached hydrogen (secondary N) is 2. The van der Waals surface area contributed by atoms with E-state index in [0.29, 0.717) is 0 Å². The summed E-state index contributed by atoms with van der Waals surface area (Å²) >= 11 is 1.73. The molecule has 0 atom stereocenters.